The zero-order valence-corrected chi connectivity index (χ0v) is 11.4. The van der Waals surface area contributed by atoms with Crippen LogP contribution in [0.2, 0.25) is 0 Å². The number of nitrogens with zero attached hydrogens (tertiary/aromatic N) is 6. The Balaban J connectivity index is 1.71. The number of pyridine rings is 2. The summed E-state index contributed by atoms with van der Waals surface area (Å²) in [6.07, 6.45) is 8.42. The Kier molecular flexibility index (Phi) is 2.93. The summed E-state index contributed by atoms with van der Waals surface area (Å²) in [6, 6.07) is 9.45. The predicted molar refractivity (Wildman–Crippen MR) is 77.9 cm³/mol. The van der Waals surface area contributed by atoms with Gasteiger partial charge >= 0.3 is 0 Å². The molecular weight excluding hydrogens is 280 g/mol. The van der Waals surface area contributed by atoms with Crippen molar-refractivity contribution in [2.45, 2.75) is 0 Å². The fraction of sp³-hybridized carbons (Fsp3) is 0. The van der Waals surface area contributed by atoms with Crippen molar-refractivity contribution in [1.82, 2.24) is 29.9 Å². The Morgan fingerprint density at radius 2 is 1.95 bits per heavy atom. The maximum atomic E-state index is 4.75. The van der Waals surface area contributed by atoms with E-state index >= 15 is 0 Å². The molecule has 4 aromatic heterocycles. The van der Waals surface area contributed by atoms with E-state index in [2.05, 4.69) is 25.2 Å². The SMILES string of the molecule is c1cncc(-n2cc(-c3cccc(-c4ncon4)n3)cn2)c1. The third-order valence-corrected chi connectivity index (χ3v) is 3.13. The molecule has 4 rings (SSSR count). The van der Waals surface area contributed by atoms with Crippen LogP contribution in [0.4, 0.5) is 0 Å². The smallest absolute Gasteiger partial charge is 0.220 e. The normalized spacial score (nSPS) is 10.7. The van der Waals surface area contributed by atoms with Crippen molar-refractivity contribution in [3.8, 4) is 28.5 Å². The van der Waals surface area contributed by atoms with Gasteiger partial charge in [0.05, 0.1) is 23.8 Å². The van der Waals surface area contributed by atoms with Crippen molar-refractivity contribution in [2.75, 3.05) is 0 Å². The zero-order valence-electron chi connectivity index (χ0n) is 11.4. The van der Waals surface area contributed by atoms with Crippen LogP contribution in [-0.2, 0) is 0 Å². The summed E-state index contributed by atoms with van der Waals surface area (Å²) in [7, 11) is 0. The molecule has 22 heavy (non-hydrogen) atoms. The first-order chi connectivity index (χ1) is 10.9. The Morgan fingerprint density at radius 3 is 2.77 bits per heavy atom. The third kappa shape index (κ3) is 2.24. The fourth-order valence-corrected chi connectivity index (χ4v) is 2.09. The summed E-state index contributed by atoms with van der Waals surface area (Å²) >= 11 is 0. The fourth-order valence-electron chi connectivity index (χ4n) is 2.09. The van der Waals surface area contributed by atoms with Crippen LogP contribution >= 0.6 is 0 Å². The first-order valence-electron chi connectivity index (χ1n) is 6.59. The second-order valence-electron chi connectivity index (χ2n) is 4.55. The quantitative estimate of drug-likeness (QED) is 0.576. The molecule has 0 spiro atoms. The largest absolute Gasteiger partial charge is 0.342 e. The molecule has 0 aliphatic heterocycles. The zero-order chi connectivity index (χ0) is 14.8. The lowest BCUT2D eigenvalue weighted by atomic mass is 10.2. The molecule has 4 heterocycles. The molecule has 0 radical (unpaired) electrons. The highest BCUT2D eigenvalue weighted by Crippen LogP contribution is 2.21. The minimum Gasteiger partial charge on any atom is -0.342 e. The van der Waals surface area contributed by atoms with E-state index in [0.29, 0.717) is 11.5 Å². The standard InChI is InChI=1S/C15H10N6O/c1-4-13(19-14(5-1)15-17-10-22-20-15)11-7-18-21(9-11)12-3-2-6-16-8-12/h1-10H. The molecule has 4 aromatic rings. The van der Waals surface area contributed by atoms with Crippen LogP contribution in [-0.4, -0.2) is 29.9 Å². The van der Waals surface area contributed by atoms with Crippen LogP contribution in [0.25, 0.3) is 28.5 Å². The first-order valence-corrected chi connectivity index (χ1v) is 6.59. The van der Waals surface area contributed by atoms with Crippen LogP contribution in [0.1, 0.15) is 0 Å². The summed E-state index contributed by atoms with van der Waals surface area (Å²) in [6.45, 7) is 0. The molecule has 7 nitrogen and oxygen atoms in total. The van der Waals surface area contributed by atoms with Crippen molar-refractivity contribution in [1.29, 1.82) is 0 Å². The Morgan fingerprint density at radius 1 is 1.00 bits per heavy atom. The van der Waals surface area contributed by atoms with Gasteiger partial charge in [0.2, 0.25) is 12.2 Å². The number of hydrogen-bond acceptors (Lipinski definition) is 6. The van der Waals surface area contributed by atoms with Gasteiger partial charge in [-0.15, -0.1) is 0 Å². The van der Waals surface area contributed by atoms with E-state index in [0.717, 1.165) is 16.9 Å². The molecule has 0 amide bonds. The Hall–Kier alpha value is -3.35. The maximum Gasteiger partial charge on any atom is 0.220 e. The van der Waals surface area contributed by atoms with E-state index in [1.54, 1.807) is 23.3 Å². The number of aromatic nitrogens is 6. The highest BCUT2D eigenvalue weighted by atomic mass is 16.5. The minimum absolute atomic E-state index is 0.460. The second kappa shape index (κ2) is 5.21. The topological polar surface area (TPSA) is 82.5 Å². The molecule has 7 heteroatoms. The van der Waals surface area contributed by atoms with Crippen LogP contribution in [0.15, 0.2) is 66.0 Å². The molecule has 0 aliphatic rings. The van der Waals surface area contributed by atoms with Crippen LogP contribution < -0.4 is 0 Å². The highest BCUT2D eigenvalue weighted by Gasteiger charge is 2.09. The molecule has 0 N–H and O–H groups in total. The van der Waals surface area contributed by atoms with Crippen molar-refractivity contribution >= 4 is 0 Å². The van der Waals surface area contributed by atoms with Gasteiger partial charge in [0.15, 0.2) is 0 Å². The van der Waals surface area contributed by atoms with E-state index in [1.165, 1.54) is 6.39 Å². The molecule has 0 aromatic carbocycles. The van der Waals surface area contributed by atoms with Crippen molar-refractivity contribution < 1.29 is 4.52 Å². The monoisotopic (exact) mass is 290 g/mol. The summed E-state index contributed by atoms with van der Waals surface area (Å²) in [5.74, 6) is 0.460. The number of hydrogen-bond donors (Lipinski definition) is 0. The van der Waals surface area contributed by atoms with E-state index in [4.69, 9.17) is 4.52 Å². The summed E-state index contributed by atoms with van der Waals surface area (Å²) < 4.78 is 6.51. The highest BCUT2D eigenvalue weighted by molar-refractivity contribution is 5.61. The summed E-state index contributed by atoms with van der Waals surface area (Å²) in [5.41, 5.74) is 3.23. The van der Waals surface area contributed by atoms with Gasteiger partial charge in [0.1, 0.15) is 5.69 Å². The van der Waals surface area contributed by atoms with Crippen LogP contribution in [0, 0.1) is 0 Å². The van der Waals surface area contributed by atoms with Gasteiger partial charge in [-0.1, -0.05) is 11.2 Å². The summed E-state index contributed by atoms with van der Waals surface area (Å²) in [5, 5.41) is 8.14. The van der Waals surface area contributed by atoms with Crippen molar-refractivity contribution in [3.05, 3.63) is 61.5 Å². The van der Waals surface area contributed by atoms with Gasteiger partial charge < -0.3 is 4.52 Å². The van der Waals surface area contributed by atoms with Gasteiger partial charge in [-0.2, -0.15) is 10.1 Å². The molecular formula is C15H10N6O. The summed E-state index contributed by atoms with van der Waals surface area (Å²) in [4.78, 5) is 12.6. The molecule has 106 valence electrons. The van der Waals surface area contributed by atoms with E-state index in [-0.39, 0.29) is 0 Å². The number of rotatable bonds is 3. The molecule has 0 saturated carbocycles. The van der Waals surface area contributed by atoms with Gasteiger partial charge in [0, 0.05) is 18.0 Å². The molecule has 0 saturated heterocycles. The van der Waals surface area contributed by atoms with Crippen molar-refractivity contribution in [3.63, 3.8) is 0 Å². The van der Waals surface area contributed by atoms with Crippen LogP contribution in [0.5, 0.6) is 0 Å². The van der Waals surface area contributed by atoms with E-state index < -0.39 is 0 Å². The average Bonchev–Trinajstić information content (AvgIpc) is 3.28. The Labute approximate surface area is 125 Å². The van der Waals surface area contributed by atoms with Crippen molar-refractivity contribution in [2.24, 2.45) is 0 Å². The molecule has 0 bridgehead atoms. The average molecular weight is 290 g/mol. The molecule has 0 fully saturated rings. The first kappa shape index (κ1) is 12.4. The van der Waals surface area contributed by atoms with E-state index in [1.807, 2.05) is 36.5 Å². The Bertz CT molecular complexity index is 885. The predicted octanol–water partition coefficient (Wildman–Crippen LogP) is 2.38. The molecule has 0 aliphatic carbocycles. The van der Waals surface area contributed by atoms with Gasteiger partial charge in [-0.05, 0) is 24.3 Å². The maximum absolute atomic E-state index is 4.75. The lowest BCUT2D eigenvalue weighted by molar-refractivity contribution is 0.418. The van der Waals surface area contributed by atoms with Gasteiger partial charge in [-0.3, -0.25) is 4.98 Å². The second-order valence-corrected chi connectivity index (χ2v) is 4.55. The van der Waals surface area contributed by atoms with Gasteiger partial charge in [-0.25, -0.2) is 9.67 Å². The molecule has 0 atom stereocenters. The van der Waals surface area contributed by atoms with Crippen LogP contribution in [0.3, 0.4) is 0 Å². The third-order valence-electron chi connectivity index (χ3n) is 3.13. The van der Waals surface area contributed by atoms with E-state index in [9.17, 15) is 0 Å². The lowest BCUT2D eigenvalue weighted by Crippen LogP contribution is -1.93. The lowest BCUT2D eigenvalue weighted by Gasteiger charge is -2.00. The molecule has 0 unspecified atom stereocenters. The van der Waals surface area contributed by atoms with Gasteiger partial charge in [0.25, 0.3) is 0 Å². The minimum atomic E-state index is 0.460.